The molecule has 10 heteroatoms. The van der Waals surface area contributed by atoms with Gasteiger partial charge >= 0.3 is 0 Å². The molecule has 1 fully saturated rings. The molecule has 29 heavy (non-hydrogen) atoms. The summed E-state index contributed by atoms with van der Waals surface area (Å²) >= 11 is 0.769. The fourth-order valence-corrected chi connectivity index (χ4v) is 3.39. The number of carbonyl (C=O) groups excluding carboxylic acids is 3. The van der Waals surface area contributed by atoms with E-state index in [9.17, 15) is 28.9 Å². The van der Waals surface area contributed by atoms with Crippen molar-refractivity contribution in [3.05, 3.63) is 80.5 Å². The van der Waals surface area contributed by atoms with Crippen LogP contribution in [-0.4, -0.2) is 40.0 Å². The van der Waals surface area contributed by atoms with Crippen molar-refractivity contribution >= 4 is 40.6 Å². The van der Waals surface area contributed by atoms with Crippen LogP contribution >= 0.6 is 11.8 Å². The Kier molecular flexibility index (Phi) is 6.03. The standard InChI is InChI=1S/C19H14FN3O5S/c20-14-5-1-12(2-6-14)11-16-18(25)22(19(26)29-16)10-9-21-17(24)13-3-7-15(8-4-13)23(27)28/h1-8,11H,9-10H2,(H,21,24)/b16-11-. The lowest BCUT2D eigenvalue weighted by Crippen LogP contribution is -2.37. The van der Waals surface area contributed by atoms with Crippen LogP contribution in [0.2, 0.25) is 0 Å². The Morgan fingerprint density at radius 3 is 2.41 bits per heavy atom. The van der Waals surface area contributed by atoms with Gasteiger partial charge in [0.25, 0.3) is 22.7 Å². The van der Waals surface area contributed by atoms with Crippen LogP contribution in [0.4, 0.5) is 14.9 Å². The van der Waals surface area contributed by atoms with Crippen LogP contribution in [0, 0.1) is 15.9 Å². The van der Waals surface area contributed by atoms with E-state index in [0.717, 1.165) is 16.7 Å². The van der Waals surface area contributed by atoms with E-state index >= 15 is 0 Å². The van der Waals surface area contributed by atoms with Gasteiger partial charge in [0, 0.05) is 30.8 Å². The maximum atomic E-state index is 13.0. The quantitative estimate of drug-likeness (QED) is 0.441. The van der Waals surface area contributed by atoms with Gasteiger partial charge in [0.2, 0.25) is 0 Å². The third kappa shape index (κ3) is 4.85. The molecule has 1 N–H and O–H groups in total. The molecule has 0 saturated carbocycles. The number of benzene rings is 2. The summed E-state index contributed by atoms with van der Waals surface area (Å²) in [5, 5.41) is 12.7. The lowest BCUT2D eigenvalue weighted by Gasteiger charge is -2.13. The highest BCUT2D eigenvalue weighted by Crippen LogP contribution is 2.31. The normalized spacial score (nSPS) is 15.1. The Hall–Kier alpha value is -3.53. The molecule has 0 bridgehead atoms. The highest BCUT2D eigenvalue weighted by Gasteiger charge is 2.34. The first-order valence-corrected chi connectivity index (χ1v) is 9.20. The molecule has 8 nitrogen and oxygen atoms in total. The molecule has 0 aromatic heterocycles. The van der Waals surface area contributed by atoms with E-state index in [-0.39, 0.29) is 29.2 Å². The number of amides is 3. The maximum absolute atomic E-state index is 13.0. The molecule has 0 unspecified atom stereocenters. The third-order valence-electron chi connectivity index (χ3n) is 4.00. The van der Waals surface area contributed by atoms with Gasteiger partial charge in [-0.1, -0.05) is 12.1 Å². The van der Waals surface area contributed by atoms with Crippen molar-refractivity contribution in [2.24, 2.45) is 0 Å². The van der Waals surface area contributed by atoms with Gasteiger partial charge < -0.3 is 5.32 Å². The Morgan fingerprint density at radius 1 is 1.14 bits per heavy atom. The van der Waals surface area contributed by atoms with Crippen molar-refractivity contribution in [3.63, 3.8) is 0 Å². The summed E-state index contributed by atoms with van der Waals surface area (Å²) in [4.78, 5) is 47.8. The Balaban J connectivity index is 1.57. The second-order valence-corrected chi connectivity index (χ2v) is 6.94. The summed E-state index contributed by atoms with van der Waals surface area (Å²) in [5.74, 6) is -1.37. The highest BCUT2D eigenvalue weighted by molar-refractivity contribution is 8.18. The van der Waals surface area contributed by atoms with Gasteiger partial charge in [-0.2, -0.15) is 0 Å². The molecule has 0 spiro atoms. The number of rotatable bonds is 6. The SMILES string of the molecule is O=C(NCCN1C(=O)S/C(=C\c2ccc(F)cc2)C1=O)c1ccc([N+](=O)[O-])cc1. The molecule has 1 aliphatic rings. The number of nitrogens with zero attached hydrogens (tertiary/aromatic N) is 2. The van der Waals surface area contributed by atoms with E-state index < -0.39 is 27.8 Å². The monoisotopic (exact) mass is 415 g/mol. The zero-order valence-corrected chi connectivity index (χ0v) is 15.6. The van der Waals surface area contributed by atoms with Gasteiger partial charge in [-0.15, -0.1) is 0 Å². The molecule has 0 atom stereocenters. The summed E-state index contributed by atoms with van der Waals surface area (Å²) in [6.07, 6.45) is 1.50. The molecular weight excluding hydrogens is 401 g/mol. The van der Waals surface area contributed by atoms with Crippen LogP contribution in [0.5, 0.6) is 0 Å². The van der Waals surface area contributed by atoms with Crippen molar-refractivity contribution in [2.45, 2.75) is 0 Å². The van der Waals surface area contributed by atoms with E-state index in [1.165, 1.54) is 54.6 Å². The Bertz CT molecular complexity index is 1010. The van der Waals surface area contributed by atoms with Gasteiger partial charge in [-0.3, -0.25) is 29.4 Å². The van der Waals surface area contributed by atoms with Crippen molar-refractivity contribution in [3.8, 4) is 0 Å². The predicted octanol–water partition coefficient (Wildman–Crippen LogP) is 3.20. The molecule has 0 aliphatic carbocycles. The lowest BCUT2D eigenvalue weighted by atomic mass is 10.2. The molecular formula is C19H14FN3O5S. The lowest BCUT2D eigenvalue weighted by molar-refractivity contribution is -0.384. The second-order valence-electron chi connectivity index (χ2n) is 5.94. The zero-order valence-electron chi connectivity index (χ0n) is 14.8. The third-order valence-corrected chi connectivity index (χ3v) is 4.91. The molecule has 2 aromatic carbocycles. The van der Waals surface area contributed by atoms with Crippen LogP contribution in [0.1, 0.15) is 15.9 Å². The first-order chi connectivity index (χ1) is 13.8. The van der Waals surface area contributed by atoms with E-state index in [2.05, 4.69) is 5.32 Å². The first kappa shape index (κ1) is 20.2. The number of nitrogens with one attached hydrogen (secondary N) is 1. The van der Waals surface area contributed by atoms with E-state index in [1.54, 1.807) is 0 Å². The minimum absolute atomic E-state index is 0.0237. The first-order valence-electron chi connectivity index (χ1n) is 8.39. The number of thioether (sulfide) groups is 1. The van der Waals surface area contributed by atoms with Crippen LogP contribution in [0.3, 0.4) is 0 Å². The fraction of sp³-hybridized carbons (Fsp3) is 0.105. The van der Waals surface area contributed by atoms with Crippen LogP contribution in [0.25, 0.3) is 6.08 Å². The number of hydrogen-bond donors (Lipinski definition) is 1. The number of nitro benzene ring substituents is 1. The zero-order chi connectivity index (χ0) is 21.0. The van der Waals surface area contributed by atoms with Crippen molar-refractivity contribution in [1.29, 1.82) is 0 Å². The van der Waals surface area contributed by atoms with Gasteiger partial charge in [0.15, 0.2) is 0 Å². The number of non-ortho nitro benzene ring substituents is 1. The Morgan fingerprint density at radius 2 is 1.79 bits per heavy atom. The van der Waals surface area contributed by atoms with Crippen LogP contribution < -0.4 is 5.32 Å². The summed E-state index contributed by atoms with van der Waals surface area (Å²) in [5.41, 5.74) is 0.677. The molecule has 148 valence electrons. The maximum Gasteiger partial charge on any atom is 0.293 e. The topological polar surface area (TPSA) is 110 Å². The highest BCUT2D eigenvalue weighted by atomic mass is 32.2. The fourth-order valence-electron chi connectivity index (χ4n) is 2.52. The minimum Gasteiger partial charge on any atom is -0.350 e. The summed E-state index contributed by atoms with van der Waals surface area (Å²) in [7, 11) is 0. The number of carbonyl (C=O) groups is 3. The van der Waals surface area contributed by atoms with Crippen LogP contribution in [-0.2, 0) is 4.79 Å². The predicted molar refractivity (Wildman–Crippen MR) is 105 cm³/mol. The number of halogens is 1. The van der Waals surface area contributed by atoms with Crippen molar-refractivity contribution in [1.82, 2.24) is 10.2 Å². The minimum atomic E-state index is -0.568. The summed E-state index contributed by atoms with van der Waals surface area (Å²) in [6, 6.07) is 10.6. The van der Waals surface area contributed by atoms with Crippen LogP contribution in [0.15, 0.2) is 53.4 Å². The smallest absolute Gasteiger partial charge is 0.293 e. The summed E-state index contributed by atoms with van der Waals surface area (Å²) in [6.45, 7) is 0.00182. The average molecular weight is 415 g/mol. The molecule has 3 amide bonds. The van der Waals surface area contributed by atoms with Gasteiger partial charge in [0.1, 0.15) is 5.82 Å². The van der Waals surface area contributed by atoms with Gasteiger partial charge in [-0.25, -0.2) is 4.39 Å². The number of hydrogen-bond acceptors (Lipinski definition) is 6. The van der Waals surface area contributed by atoms with E-state index in [1.807, 2.05) is 0 Å². The molecule has 1 heterocycles. The molecule has 1 saturated heterocycles. The van der Waals surface area contributed by atoms with Gasteiger partial charge in [-0.05, 0) is 47.7 Å². The molecule has 1 aliphatic heterocycles. The van der Waals surface area contributed by atoms with E-state index in [4.69, 9.17) is 0 Å². The van der Waals surface area contributed by atoms with Gasteiger partial charge in [0.05, 0.1) is 9.83 Å². The largest absolute Gasteiger partial charge is 0.350 e. The van der Waals surface area contributed by atoms with E-state index in [0.29, 0.717) is 5.56 Å². The Labute approximate surface area is 168 Å². The molecule has 3 rings (SSSR count). The number of nitro groups is 1. The summed E-state index contributed by atoms with van der Waals surface area (Å²) < 4.78 is 13.0. The second kappa shape index (κ2) is 8.65. The molecule has 2 aromatic rings. The van der Waals surface area contributed by atoms with Crippen molar-refractivity contribution in [2.75, 3.05) is 13.1 Å². The number of imide groups is 1. The molecule has 0 radical (unpaired) electrons. The average Bonchev–Trinajstić information content (AvgIpc) is 2.97. The van der Waals surface area contributed by atoms with Crippen molar-refractivity contribution < 1.29 is 23.7 Å².